The summed E-state index contributed by atoms with van der Waals surface area (Å²) in [4.78, 5) is 0. The minimum Gasteiger partial charge on any atom is -0.504 e. The fourth-order valence-electron chi connectivity index (χ4n) is 2.85. The molecule has 2 N–H and O–H groups in total. The summed E-state index contributed by atoms with van der Waals surface area (Å²) in [6.07, 6.45) is 0. The highest BCUT2D eigenvalue weighted by Gasteiger charge is 2.24. The van der Waals surface area contributed by atoms with Crippen molar-refractivity contribution in [3.05, 3.63) is 48.5 Å². The second-order valence-corrected chi connectivity index (χ2v) is 4.57. The number of phenolic OH excluding ortho intramolecular Hbond substituents is 2. The molecule has 0 atom stereocenters. The molecule has 2 nitrogen and oxygen atoms in total. The Hall–Kier alpha value is -2.48. The van der Waals surface area contributed by atoms with Gasteiger partial charge in [0.15, 0.2) is 11.5 Å². The second kappa shape index (κ2) is 3.05. The van der Waals surface area contributed by atoms with Crippen LogP contribution < -0.4 is 0 Å². The van der Waals surface area contributed by atoms with Crippen LogP contribution in [0.1, 0.15) is 0 Å². The zero-order valence-corrected chi connectivity index (χ0v) is 9.51. The molecule has 0 radical (unpaired) electrons. The maximum atomic E-state index is 10.1. The highest BCUT2D eigenvalue weighted by Crippen LogP contribution is 2.52. The number of hydrogen-bond donors (Lipinski definition) is 2. The molecule has 0 amide bonds. The Bertz CT molecular complexity index is 798. The molecular weight excluding hydrogens is 224 g/mol. The summed E-state index contributed by atoms with van der Waals surface area (Å²) in [5, 5.41) is 22.1. The van der Waals surface area contributed by atoms with Gasteiger partial charge in [-0.05, 0) is 39.6 Å². The fourth-order valence-corrected chi connectivity index (χ4v) is 2.85. The van der Waals surface area contributed by atoms with E-state index in [1.165, 1.54) is 0 Å². The quantitative estimate of drug-likeness (QED) is 0.453. The number of benzene rings is 3. The molecule has 86 valence electrons. The number of aromatic hydroxyl groups is 2. The van der Waals surface area contributed by atoms with Gasteiger partial charge in [0.2, 0.25) is 0 Å². The largest absolute Gasteiger partial charge is 0.504 e. The highest BCUT2D eigenvalue weighted by atomic mass is 16.3. The summed E-state index contributed by atoms with van der Waals surface area (Å²) in [6.45, 7) is 0. The van der Waals surface area contributed by atoms with Gasteiger partial charge in [-0.3, -0.25) is 0 Å². The fraction of sp³-hybridized carbons (Fsp3) is 0. The Morgan fingerprint density at radius 2 is 1.39 bits per heavy atom. The lowest BCUT2D eigenvalue weighted by molar-refractivity contribution is 0.405. The van der Waals surface area contributed by atoms with Crippen molar-refractivity contribution in [2.24, 2.45) is 0 Å². The van der Waals surface area contributed by atoms with Crippen molar-refractivity contribution in [3.63, 3.8) is 0 Å². The van der Waals surface area contributed by atoms with E-state index in [1.807, 2.05) is 30.3 Å². The first kappa shape index (κ1) is 9.54. The predicted molar refractivity (Wildman–Crippen MR) is 71.7 cm³/mol. The molecule has 18 heavy (non-hydrogen) atoms. The summed E-state index contributed by atoms with van der Waals surface area (Å²) in [7, 11) is 0. The topological polar surface area (TPSA) is 40.5 Å². The monoisotopic (exact) mass is 234 g/mol. The molecule has 0 saturated carbocycles. The van der Waals surface area contributed by atoms with E-state index in [2.05, 4.69) is 12.1 Å². The van der Waals surface area contributed by atoms with Crippen LogP contribution in [0.2, 0.25) is 0 Å². The van der Waals surface area contributed by atoms with Crippen LogP contribution in [0.25, 0.3) is 33.0 Å². The van der Waals surface area contributed by atoms with Crippen LogP contribution in [-0.4, -0.2) is 10.2 Å². The zero-order valence-electron chi connectivity index (χ0n) is 9.51. The van der Waals surface area contributed by atoms with Gasteiger partial charge in [-0.25, -0.2) is 0 Å². The van der Waals surface area contributed by atoms with Crippen LogP contribution in [0.3, 0.4) is 0 Å². The van der Waals surface area contributed by atoms with Crippen molar-refractivity contribution < 1.29 is 10.2 Å². The average Bonchev–Trinajstić information content (AvgIpc) is 2.72. The zero-order chi connectivity index (χ0) is 12.3. The lowest BCUT2D eigenvalue weighted by Gasteiger charge is -2.06. The van der Waals surface area contributed by atoms with Gasteiger partial charge in [0, 0.05) is 5.56 Å². The third-order valence-corrected chi connectivity index (χ3v) is 3.62. The molecular formula is C16H10O2. The molecule has 4 rings (SSSR count). The van der Waals surface area contributed by atoms with Crippen LogP contribution >= 0.6 is 0 Å². The van der Waals surface area contributed by atoms with Crippen molar-refractivity contribution in [2.75, 3.05) is 0 Å². The molecule has 0 spiro atoms. The molecule has 0 aromatic heterocycles. The van der Waals surface area contributed by atoms with E-state index in [0.29, 0.717) is 0 Å². The molecule has 0 bridgehead atoms. The normalized spacial score (nSPS) is 11.8. The third-order valence-electron chi connectivity index (χ3n) is 3.62. The minimum atomic E-state index is -0.0708. The summed E-state index contributed by atoms with van der Waals surface area (Å²) >= 11 is 0. The number of rotatable bonds is 0. The summed E-state index contributed by atoms with van der Waals surface area (Å²) in [5.74, 6) is -0.102. The summed E-state index contributed by atoms with van der Waals surface area (Å²) in [5.41, 5.74) is 3.83. The summed E-state index contributed by atoms with van der Waals surface area (Å²) in [6, 6.07) is 15.5. The molecule has 0 saturated heterocycles. The Morgan fingerprint density at radius 1 is 0.667 bits per heavy atom. The maximum absolute atomic E-state index is 10.1. The van der Waals surface area contributed by atoms with Crippen molar-refractivity contribution in [3.8, 4) is 33.8 Å². The number of fused-ring (bicyclic) bond motifs is 3. The van der Waals surface area contributed by atoms with Crippen LogP contribution in [0.5, 0.6) is 11.5 Å². The van der Waals surface area contributed by atoms with Gasteiger partial charge >= 0.3 is 0 Å². The maximum Gasteiger partial charge on any atom is 0.166 e. The van der Waals surface area contributed by atoms with E-state index in [4.69, 9.17) is 0 Å². The van der Waals surface area contributed by atoms with Crippen LogP contribution in [0.4, 0.5) is 0 Å². The first-order valence-corrected chi connectivity index (χ1v) is 5.85. The highest BCUT2D eigenvalue weighted by molar-refractivity contribution is 6.16. The molecule has 0 fully saturated rings. The van der Waals surface area contributed by atoms with Gasteiger partial charge < -0.3 is 10.2 Å². The standard InChI is InChI=1S/C16H10O2/c17-13-8-7-11-10-5-1-3-9-4-2-6-12(14(9)10)15(11)16(13)18/h1-8,17-18H. The first-order valence-electron chi connectivity index (χ1n) is 5.85. The van der Waals surface area contributed by atoms with Gasteiger partial charge in [0.1, 0.15) is 0 Å². The smallest absolute Gasteiger partial charge is 0.166 e. The van der Waals surface area contributed by atoms with E-state index in [9.17, 15) is 10.2 Å². The van der Waals surface area contributed by atoms with E-state index in [1.54, 1.807) is 6.07 Å². The molecule has 2 heteroatoms. The predicted octanol–water partition coefficient (Wildman–Crippen LogP) is 3.90. The van der Waals surface area contributed by atoms with Gasteiger partial charge in [0.25, 0.3) is 0 Å². The minimum absolute atomic E-state index is 0.0313. The Balaban J connectivity index is 2.28. The van der Waals surface area contributed by atoms with Crippen molar-refractivity contribution in [1.29, 1.82) is 0 Å². The molecule has 0 heterocycles. The molecule has 0 aliphatic heterocycles. The van der Waals surface area contributed by atoms with Crippen LogP contribution in [0.15, 0.2) is 48.5 Å². The lowest BCUT2D eigenvalue weighted by Crippen LogP contribution is -1.78. The molecule has 3 aromatic carbocycles. The Labute approximate surface area is 104 Å². The third kappa shape index (κ3) is 0.979. The average molecular weight is 234 g/mol. The molecule has 1 aliphatic carbocycles. The van der Waals surface area contributed by atoms with Crippen molar-refractivity contribution in [2.45, 2.75) is 0 Å². The van der Waals surface area contributed by atoms with E-state index < -0.39 is 0 Å². The Morgan fingerprint density at radius 3 is 2.17 bits per heavy atom. The molecule has 3 aromatic rings. The SMILES string of the molecule is Oc1ccc2c(c1O)-c1cccc3cccc-2c13. The number of phenols is 2. The number of hydrogen-bond acceptors (Lipinski definition) is 2. The van der Waals surface area contributed by atoms with E-state index in [-0.39, 0.29) is 11.5 Å². The first-order chi connectivity index (χ1) is 8.77. The molecule has 0 unspecified atom stereocenters. The second-order valence-electron chi connectivity index (χ2n) is 4.57. The van der Waals surface area contributed by atoms with Crippen LogP contribution in [0, 0.1) is 0 Å². The van der Waals surface area contributed by atoms with Gasteiger partial charge in [-0.2, -0.15) is 0 Å². The van der Waals surface area contributed by atoms with E-state index >= 15 is 0 Å². The lowest BCUT2D eigenvalue weighted by atomic mass is 10.0. The van der Waals surface area contributed by atoms with Crippen molar-refractivity contribution >= 4 is 10.8 Å². The van der Waals surface area contributed by atoms with Gasteiger partial charge in [0.05, 0.1) is 0 Å². The van der Waals surface area contributed by atoms with Gasteiger partial charge in [-0.15, -0.1) is 0 Å². The molecule has 1 aliphatic rings. The Kier molecular flexibility index (Phi) is 1.61. The summed E-state index contributed by atoms with van der Waals surface area (Å²) < 4.78 is 0. The van der Waals surface area contributed by atoms with Crippen LogP contribution in [-0.2, 0) is 0 Å². The van der Waals surface area contributed by atoms with E-state index in [0.717, 1.165) is 33.0 Å². The van der Waals surface area contributed by atoms with Crippen molar-refractivity contribution in [1.82, 2.24) is 0 Å². The van der Waals surface area contributed by atoms with Gasteiger partial charge in [-0.1, -0.05) is 36.4 Å².